The number of hydrogen-bond acceptors (Lipinski definition) is 4. The van der Waals surface area contributed by atoms with Crippen LogP contribution >= 0.6 is 0 Å². The number of nitrogens with zero attached hydrogens (tertiary/aromatic N) is 3. The molecule has 1 fully saturated rings. The summed E-state index contributed by atoms with van der Waals surface area (Å²) in [6.07, 6.45) is 8.17. The lowest BCUT2D eigenvalue weighted by Crippen LogP contribution is -2.25. The molecule has 0 amide bonds. The zero-order valence-electron chi connectivity index (χ0n) is 11.9. The average molecular weight is 266 g/mol. The number of hydrogen-bond donors (Lipinski definition) is 2. The van der Waals surface area contributed by atoms with E-state index in [1.54, 1.807) is 4.68 Å². The molecule has 2 rings (SSSR count). The van der Waals surface area contributed by atoms with Crippen molar-refractivity contribution < 1.29 is 5.11 Å². The molecule has 5 nitrogen and oxygen atoms in total. The summed E-state index contributed by atoms with van der Waals surface area (Å²) in [7, 11) is 0. The van der Waals surface area contributed by atoms with Gasteiger partial charge in [0, 0.05) is 25.9 Å². The highest BCUT2D eigenvalue weighted by atomic mass is 16.3. The van der Waals surface area contributed by atoms with Gasteiger partial charge in [0.2, 0.25) is 0 Å². The lowest BCUT2D eigenvalue weighted by Gasteiger charge is -2.26. The maximum absolute atomic E-state index is 8.76. The first kappa shape index (κ1) is 14.5. The summed E-state index contributed by atoms with van der Waals surface area (Å²) in [6.45, 7) is 5.19. The van der Waals surface area contributed by atoms with E-state index in [9.17, 15) is 0 Å². The first-order valence-electron chi connectivity index (χ1n) is 7.48. The molecule has 0 aliphatic heterocycles. The van der Waals surface area contributed by atoms with Gasteiger partial charge in [-0.3, -0.25) is 4.68 Å². The van der Waals surface area contributed by atoms with Crippen LogP contribution in [0.5, 0.6) is 0 Å². The molecule has 0 atom stereocenters. The van der Waals surface area contributed by atoms with Gasteiger partial charge in [0.05, 0.1) is 5.69 Å². The first-order valence-corrected chi connectivity index (χ1v) is 7.48. The molecule has 0 spiro atoms. The van der Waals surface area contributed by atoms with Gasteiger partial charge in [0.25, 0.3) is 0 Å². The molecule has 5 heteroatoms. The summed E-state index contributed by atoms with van der Waals surface area (Å²) in [5.41, 5.74) is 0.988. The molecular formula is C14H26N4O. The molecule has 0 saturated heterocycles. The summed E-state index contributed by atoms with van der Waals surface area (Å²) in [5.74, 6) is 1.75. The van der Waals surface area contributed by atoms with Crippen molar-refractivity contribution in [2.24, 2.45) is 11.8 Å². The maximum Gasteiger partial charge on any atom is 0.0964 e. The Hall–Kier alpha value is -0.940. The predicted molar refractivity (Wildman–Crippen MR) is 74.6 cm³/mol. The number of aliphatic hydroxyl groups excluding tert-OH is 1. The van der Waals surface area contributed by atoms with Gasteiger partial charge >= 0.3 is 0 Å². The van der Waals surface area contributed by atoms with Crippen LogP contribution in [0, 0.1) is 11.8 Å². The fraction of sp³-hybridized carbons (Fsp3) is 0.857. The molecule has 0 unspecified atom stereocenters. The van der Waals surface area contributed by atoms with Gasteiger partial charge in [-0.05, 0) is 37.6 Å². The number of aromatic nitrogens is 3. The molecule has 1 aliphatic carbocycles. The summed E-state index contributed by atoms with van der Waals surface area (Å²) in [4.78, 5) is 0. The van der Waals surface area contributed by atoms with Crippen molar-refractivity contribution in [2.75, 3.05) is 13.2 Å². The van der Waals surface area contributed by atoms with E-state index in [0.29, 0.717) is 0 Å². The lowest BCUT2D eigenvalue weighted by molar-refractivity contribution is 0.276. The Kier molecular flexibility index (Phi) is 5.79. The minimum absolute atomic E-state index is 0.202. The first-order chi connectivity index (χ1) is 9.28. The largest absolute Gasteiger partial charge is 0.396 e. The van der Waals surface area contributed by atoms with Crippen LogP contribution in [-0.2, 0) is 13.1 Å². The van der Waals surface area contributed by atoms with E-state index in [1.165, 1.54) is 25.7 Å². The molecule has 2 N–H and O–H groups in total. The Morgan fingerprint density at radius 3 is 2.89 bits per heavy atom. The summed E-state index contributed by atoms with van der Waals surface area (Å²) in [6, 6.07) is 0. The molecule has 1 aromatic heterocycles. The van der Waals surface area contributed by atoms with Gasteiger partial charge in [0.1, 0.15) is 0 Å². The zero-order chi connectivity index (χ0) is 13.5. The van der Waals surface area contributed by atoms with E-state index in [1.807, 2.05) is 6.20 Å². The highest BCUT2D eigenvalue weighted by Crippen LogP contribution is 2.27. The Balaban J connectivity index is 1.63. The second-order valence-corrected chi connectivity index (χ2v) is 5.81. The average Bonchev–Trinajstić information content (AvgIpc) is 2.87. The third kappa shape index (κ3) is 4.91. The topological polar surface area (TPSA) is 63.0 Å². The summed E-state index contributed by atoms with van der Waals surface area (Å²) >= 11 is 0. The molecule has 1 aromatic rings. The van der Waals surface area contributed by atoms with Gasteiger partial charge in [-0.2, -0.15) is 0 Å². The van der Waals surface area contributed by atoms with Crippen molar-refractivity contribution in [3.63, 3.8) is 0 Å². The molecule has 0 aromatic carbocycles. The van der Waals surface area contributed by atoms with E-state index in [0.717, 1.165) is 43.6 Å². The third-order valence-electron chi connectivity index (χ3n) is 4.01. The monoisotopic (exact) mass is 266 g/mol. The predicted octanol–water partition coefficient (Wildman–Crippen LogP) is 1.58. The van der Waals surface area contributed by atoms with E-state index in [2.05, 4.69) is 22.6 Å². The van der Waals surface area contributed by atoms with Gasteiger partial charge in [-0.25, -0.2) is 0 Å². The minimum Gasteiger partial charge on any atom is -0.396 e. The Labute approximate surface area is 115 Å². The van der Waals surface area contributed by atoms with Gasteiger partial charge in [-0.15, -0.1) is 5.10 Å². The zero-order valence-corrected chi connectivity index (χ0v) is 11.9. The van der Waals surface area contributed by atoms with Gasteiger partial charge < -0.3 is 10.4 Å². The second kappa shape index (κ2) is 7.60. The van der Waals surface area contributed by atoms with Crippen LogP contribution in [0.3, 0.4) is 0 Å². The Bertz CT molecular complexity index is 358. The fourth-order valence-electron chi connectivity index (χ4n) is 2.70. The van der Waals surface area contributed by atoms with E-state index < -0.39 is 0 Å². The number of nitrogens with one attached hydrogen (secondary N) is 1. The quantitative estimate of drug-likeness (QED) is 0.786. The molecule has 19 heavy (non-hydrogen) atoms. The highest BCUT2D eigenvalue weighted by Gasteiger charge is 2.17. The van der Waals surface area contributed by atoms with Crippen molar-refractivity contribution in [3.05, 3.63) is 11.9 Å². The Morgan fingerprint density at radius 2 is 2.16 bits per heavy atom. The molecular weight excluding hydrogens is 240 g/mol. The van der Waals surface area contributed by atoms with Gasteiger partial charge in [-0.1, -0.05) is 25.0 Å². The van der Waals surface area contributed by atoms with Crippen molar-refractivity contribution >= 4 is 0 Å². The minimum atomic E-state index is 0.202. The molecule has 0 radical (unpaired) electrons. The highest BCUT2D eigenvalue weighted by molar-refractivity contribution is 4.91. The van der Waals surface area contributed by atoms with Crippen molar-refractivity contribution in [3.8, 4) is 0 Å². The summed E-state index contributed by atoms with van der Waals surface area (Å²) < 4.78 is 1.80. The standard InChI is InChI=1S/C14H26N4O/c1-12-3-5-13(6-4-12)9-15-10-14-11-18(17-16-14)7-2-8-19/h11-13,15,19H,2-10H2,1H3. The van der Waals surface area contributed by atoms with Crippen molar-refractivity contribution in [1.29, 1.82) is 0 Å². The fourth-order valence-corrected chi connectivity index (χ4v) is 2.70. The van der Waals surface area contributed by atoms with Crippen LogP contribution in [-0.4, -0.2) is 33.3 Å². The van der Waals surface area contributed by atoms with E-state index in [4.69, 9.17) is 5.11 Å². The molecule has 108 valence electrons. The van der Waals surface area contributed by atoms with E-state index >= 15 is 0 Å². The molecule has 1 aliphatic rings. The van der Waals surface area contributed by atoms with Crippen LogP contribution in [0.1, 0.15) is 44.7 Å². The van der Waals surface area contributed by atoms with Crippen LogP contribution < -0.4 is 5.32 Å². The van der Waals surface area contributed by atoms with Crippen LogP contribution in [0.2, 0.25) is 0 Å². The number of aryl methyl sites for hydroxylation is 1. The second-order valence-electron chi connectivity index (χ2n) is 5.81. The molecule has 1 heterocycles. The van der Waals surface area contributed by atoms with Crippen molar-refractivity contribution in [2.45, 2.75) is 52.1 Å². The van der Waals surface area contributed by atoms with Crippen LogP contribution in [0.4, 0.5) is 0 Å². The van der Waals surface area contributed by atoms with E-state index in [-0.39, 0.29) is 6.61 Å². The maximum atomic E-state index is 8.76. The lowest BCUT2D eigenvalue weighted by atomic mass is 9.83. The summed E-state index contributed by atoms with van der Waals surface area (Å²) in [5, 5.41) is 20.4. The molecule has 1 saturated carbocycles. The number of aliphatic hydroxyl groups is 1. The smallest absolute Gasteiger partial charge is 0.0964 e. The van der Waals surface area contributed by atoms with Gasteiger partial charge in [0.15, 0.2) is 0 Å². The van der Waals surface area contributed by atoms with Crippen LogP contribution in [0.25, 0.3) is 0 Å². The SMILES string of the molecule is CC1CCC(CNCc2cn(CCCO)nn2)CC1. The van der Waals surface area contributed by atoms with Crippen molar-refractivity contribution in [1.82, 2.24) is 20.3 Å². The normalized spacial score (nSPS) is 23.7. The third-order valence-corrected chi connectivity index (χ3v) is 4.01. The van der Waals surface area contributed by atoms with Crippen LogP contribution in [0.15, 0.2) is 6.20 Å². The molecule has 0 bridgehead atoms. The Morgan fingerprint density at radius 1 is 1.37 bits per heavy atom. The number of rotatable bonds is 7.